The highest BCUT2D eigenvalue weighted by Gasteiger charge is 2.45. The standard InChI is InChI=1S/C36H50N4O8S2/c1-5-46-34-14-13-29(28-11-9-27(10-12-28)22-38-26(2)3)19-35(34)50(44,45)40-17-15-36(16-18-40)21-30(24-48-36)39-23-31(41)25-47-32-7-6-8-33(20-32)49(42,43)37-4/h6-14,19-20,26,30-31,37-39,41H,5,15-18,21-25H2,1-4H3/t30-,31?/m0/s1. The second-order valence-corrected chi connectivity index (χ2v) is 17.0. The fourth-order valence-corrected chi connectivity index (χ4v) is 8.66. The highest BCUT2D eigenvalue weighted by Crippen LogP contribution is 2.39. The molecule has 3 aromatic carbocycles. The van der Waals surface area contributed by atoms with Crippen LogP contribution < -0.4 is 24.8 Å². The molecule has 2 aliphatic heterocycles. The lowest BCUT2D eigenvalue weighted by atomic mass is 9.88. The molecule has 2 atom stereocenters. The van der Waals surface area contributed by atoms with Crippen molar-refractivity contribution in [1.82, 2.24) is 19.7 Å². The quantitative estimate of drug-likeness (QED) is 0.172. The van der Waals surface area contributed by atoms with E-state index in [1.54, 1.807) is 24.3 Å². The number of hydrogen-bond acceptors (Lipinski definition) is 10. The summed E-state index contributed by atoms with van der Waals surface area (Å²) in [6, 6.07) is 20.0. The Hall–Kier alpha value is -3.08. The maximum atomic E-state index is 14.1. The fourth-order valence-electron chi connectivity index (χ4n) is 6.30. The molecule has 50 heavy (non-hydrogen) atoms. The Balaban J connectivity index is 1.15. The van der Waals surface area contributed by atoms with Gasteiger partial charge in [0.2, 0.25) is 20.0 Å². The molecule has 0 amide bonds. The molecule has 2 fully saturated rings. The predicted molar refractivity (Wildman–Crippen MR) is 192 cm³/mol. The van der Waals surface area contributed by atoms with E-state index >= 15 is 0 Å². The molecule has 14 heteroatoms. The Labute approximate surface area is 296 Å². The van der Waals surface area contributed by atoms with Crippen LogP contribution >= 0.6 is 0 Å². The number of aliphatic hydroxyl groups is 1. The molecule has 1 spiro atoms. The van der Waals surface area contributed by atoms with Gasteiger partial charge in [-0.1, -0.05) is 50.2 Å². The van der Waals surface area contributed by atoms with Crippen LogP contribution in [0.4, 0.5) is 0 Å². The van der Waals surface area contributed by atoms with Crippen molar-refractivity contribution in [2.24, 2.45) is 0 Å². The van der Waals surface area contributed by atoms with E-state index in [0.717, 1.165) is 23.2 Å². The molecular formula is C36H50N4O8S2. The normalized spacial score (nSPS) is 18.8. The van der Waals surface area contributed by atoms with Gasteiger partial charge in [0.25, 0.3) is 0 Å². The summed E-state index contributed by atoms with van der Waals surface area (Å²) >= 11 is 0. The smallest absolute Gasteiger partial charge is 0.246 e. The van der Waals surface area contributed by atoms with Gasteiger partial charge in [-0.25, -0.2) is 21.6 Å². The number of piperidine rings is 1. The summed E-state index contributed by atoms with van der Waals surface area (Å²) in [5.74, 6) is 0.684. The van der Waals surface area contributed by atoms with E-state index in [9.17, 15) is 21.9 Å². The Morgan fingerprint density at radius 3 is 2.38 bits per heavy atom. The van der Waals surface area contributed by atoms with Gasteiger partial charge in [-0.2, -0.15) is 4.31 Å². The van der Waals surface area contributed by atoms with Gasteiger partial charge in [0.05, 0.1) is 23.7 Å². The topological polar surface area (TPSA) is 156 Å². The third kappa shape index (κ3) is 9.42. The molecule has 0 aliphatic carbocycles. The van der Waals surface area contributed by atoms with Crippen molar-refractivity contribution >= 4 is 20.0 Å². The molecule has 0 aromatic heterocycles. The number of hydrogen-bond donors (Lipinski definition) is 4. The monoisotopic (exact) mass is 730 g/mol. The number of benzene rings is 3. The number of aliphatic hydroxyl groups excluding tert-OH is 1. The average molecular weight is 731 g/mol. The van der Waals surface area contributed by atoms with Crippen LogP contribution in [0.5, 0.6) is 11.5 Å². The summed E-state index contributed by atoms with van der Waals surface area (Å²) in [7, 11) is -6.12. The molecule has 4 N–H and O–H groups in total. The first-order valence-corrected chi connectivity index (χ1v) is 20.1. The van der Waals surface area contributed by atoms with Crippen LogP contribution in [-0.2, 0) is 31.3 Å². The summed E-state index contributed by atoms with van der Waals surface area (Å²) in [5.41, 5.74) is 2.45. The second-order valence-electron chi connectivity index (χ2n) is 13.2. The van der Waals surface area contributed by atoms with Gasteiger partial charge in [-0.3, -0.25) is 0 Å². The van der Waals surface area contributed by atoms with Crippen LogP contribution in [0.15, 0.2) is 76.5 Å². The summed E-state index contributed by atoms with van der Waals surface area (Å²) in [6.07, 6.45) is 0.966. The minimum absolute atomic E-state index is 0.00862. The molecular weight excluding hydrogens is 681 g/mol. The zero-order chi connectivity index (χ0) is 35.9. The van der Waals surface area contributed by atoms with E-state index in [1.165, 1.54) is 23.5 Å². The van der Waals surface area contributed by atoms with Gasteiger partial charge in [-0.15, -0.1) is 0 Å². The van der Waals surface area contributed by atoms with Crippen molar-refractivity contribution in [2.45, 2.75) is 80.2 Å². The average Bonchev–Trinajstić information content (AvgIpc) is 3.51. The lowest BCUT2D eigenvalue weighted by Crippen LogP contribution is -2.47. The highest BCUT2D eigenvalue weighted by atomic mass is 32.2. The summed E-state index contributed by atoms with van der Waals surface area (Å²) in [6.45, 7) is 8.49. The molecule has 274 valence electrons. The molecule has 0 bridgehead atoms. The number of nitrogens with one attached hydrogen (secondary N) is 3. The van der Waals surface area contributed by atoms with Crippen LogP contribution in [0, 0.1) is 0 Å². The fraction of sp³-hybridized carbons (Fsp3) is 0.500. The molecule has 3 aromatic rings. The van der Waals surface area contributed by atoms with E-state index in [0.29, 0.717) is 63.1 Å². The Morgan fingerprint density at radius 2 is 1.70 bits per heavy atom. The summed E-state index contributed by atoms with van der Waals surface area (Å²) in [5, 5.41) is 17.3. The minimum atomic E-state index is -3.85. The van der Waals surface area contributed by atoms with Crippen LogP contribution in [0.1, 0.15) is 45.6 Å². The van der Waals surface area contributed by atoms with E-state index in [-0.39, 0.29) is 29.0 Å². The molecule has 0 radical (unpaired) electrons. The lowest BCUT2D eigenvalue weighted by Gasteiger charge is -2.38. The Bertz CT molecular complexity index is 1790. The molecule has 12 nitrogen and oxygen atoms in total. The molecule has 5 rings (SSSR count). The second kappa shape index (κ2) is 16.5. The van der Waals surface area contributed by atoms with Crippen LogP contribution in [-0.4, -0.2) is 96.5 Å². The maximum absolute atomic E-state index is 14.1. The van der Waals surface area contributed by atoms with Crippen molar-refractivity contribution < 1.29 is 36.2 Å². The van der Waals surface area contributed by atoms with E-state index in [2.05, 4.69) is 41.3 Å². The van der Waals surface area contributed by atoms with E-state index in [4.69, 9.17) is 14.2 Å². The van der Waals surface area contributed by atoms with Crippen molar-refractivity contribution in [3.8, 4) is 22.6 Å². The first-order chi connectivity index (χ1) is 23.8. The Morgan fingerprint density at radius 1 is 0.980 bits per heavy atom. The number of sulfonamides is 2. The molecule has 2 saturated heterocycles. The predicted octanol–water partition coefficient (Wildman–Crippen LogP) is 3.50. The highest BCUT2D eigenvalue weighted by molar-refractivity contribution is 7.89. The SMILES string of the molecule is CCOc1ccc(-c2ccc(CNC(C)C)cc2)cc1S(=O)(=O)N1CCC2(CC1)C[C@H](NCC(O)COc1cccc(S(=O)(=O)NC)c1)CO2. The van der Waals surface area contributed by atoms with Gasteiger partial charge in [0.15, 0.2) is 0 Å². The number of ether oxygens (including phenoxy) is 3. The largest absolute Gasteiger partial charge is 0.492 e. The maximum Gasteiger partial charge on any atom is 0.246 e. The number of rotatable bonds is 16. The first-order valence-electron chi connectivity index (χ1n) is 17.2. The van der Waals surface area contributed by atoms with Gasteiger partial charge < -0.3 is 30.0 Å². The van der Waals surface area contributed by atoms with Crippen molar-refractivity contribution in [1.29, 1.82) is 0 Å². The lowest BCUT2D eigenvalue weighted by molar-refractivity contribution is -0.0312. The minimum Gasteiger partial charge on any atom is -0.492 e. The molecule has 2 aliphatic rings. The number of nitrogens with zero attached hydrogens (tertiary/aromatic N) is 1. The van der Waals surface area contributed by atoms with Crippen LogP contribution in [0.2, 0.25) is 0 Å². The molecule has 0 saturated carbocycles. The summed E-state index contributed by atoms with van der Waals surface area (Å²) < 4.78 is 73.8. The molecule has 1 unspecified atom stereocenters. The van der Waals surface area contributed by atoms with E-state index in [1.807, 2.05) is 25.1 Å². The van der Waals surface area contributed by atoms with Gasteiger partial charge >= 0.3 is 0 Å². The molecule has 2 heterocycles. The van der Waals surface area contributed by atoms with E-state index < -0.39 is 31.8 Å². The third-order valence-corrected chi connectivity index (χ3v) is 12.5. The summed E-state index contributed by atoms with van der Waals surface area (Å²) in [4.78, 5) is 0.244. The third-order valence-electron chi connectivity index (χ3n) is 9.17. The van der Waals surface area contributed by atoms with Crippen LogP contribution in [0.25, 0.3) is 11.1 Å². The van der Waals surface area contributed by atoms with Gasteiger partial charge in [0, 0.05) is 44.3 Å². The van der Waals surface area contributed by atoms with Crippen molar-refractivity contribution in [3.63, 3.8) is 0 Å². The zero-order valence-corrected chi connectivity index (χ0v) is 30.9. The van der Waals surface area contributed by atoms with Crippen molar-refractivity contribution in [2.75, 3.05) is 46.5 Å². The zero-order valence-electron chi connectivity index (χ0n) is 29.2. The first kappa shape index (κ1) is 38.2. The van der Waals surface area contributed by atoms with Gasteiger partial charge in [0.1, 0.15) is 29.1 Å². The van der Waals surface area contributed by atoms with Crippen molar-refractivity contribution in [3.05, 3.63) is 72.3 Å². The van der Waals surface area contributed by atoms with Crippen LogP contribution in [0.3, 0.4) is 0 Å². The Kier molecular flexibility index (Phi) is 12.6. The van der Waals surface area contributed by atoms with Gasteiger partial charge in [-0.05, 0) is 74.2 Å².